The molecular weight excluding hydrogens is 380 g/mol. The summed E-state index contributed by atoms with van der Waals surface area (Å²) in [5, 5.41) is 5.94. The van der Waals surface area contributed by atoms with Crippen molar-refractivity contribution in [3.63, 3.8) is 0 Å². The summed E-state index contributed by atoms with van der Waals surface area (Å²) in [6.45, 7) is 2.33. The zero-order chi connectivity index (χ0) is 20.2. The van der Waals surface area contributed by atoms with Crippen molar-refractivity contribution in [2.45, 2.75) is 70.4 Å². The maximum atomic E-state index is 12.8. The van der Waals surface area contributed by atoms with Gasteiger partial charge in [0.25, 0.3) is 0 Å². The maximum absolute atomic E-state index is 12.8. The largest absolute Gasteiger partial charge is 0.349 e. The van der Waals surface area contributed by atoms with Crippen molar-refractivity contribution < 1.29 is 9.59 Å². The number of rotatable bonds is 6. The smallest absolute Gasteiger partial charge is 0.242 e. The number of hydrogen-bond acceptors (Lipinski definition) is 3. The Hall–Kier alpha value is -2.14. The van der Waals surface area contributed by atoms with Crippen LogP contribution in [0.4, 0.5) is 0 Å². The van der Waals surface area contributed by atoms with Gasteiger partial charge in [0.15, 0.2) is 0 Å². The molecule has 0 spiro atoms. The number of thiophene rings is 1. The number of carbonyl (C=O) groups excluding carboxylic acids is 2. The van der Waals surface area contributed by atoms with E-state index in [4.69, 9.17) is 0 Å². The second kappa shape index (κ2) is 9.12. The number of amides is 2. The van der Waals surface area contributed by atoms with Crippen molar-refractivity contribution >= 4 is 23.2 Å². The molecule has 2 aromatic rings. The van der Waals surface area contributed by atoms with E-state index in [2.05, 4.69) is 41.0 Å². The van der Waals surface area contributed by atoms with E-state index in [1.807, 2.05) is 17.4 Å². The van der Waals surface area contributed by atoms with Gasteiger partial charge in [-0.3, -0.25) is 9.59 Å². The van der Waals surface area contributed by atoms with Crippen LogP contribution in [-0.2, 0) is 29.0 Å². The van der Waals surface area contributed by atoms with Gasteiger partial charge in [0.05, 0.1) is 6.54 Å². The van der Waals surface area contributed by atoms with Gasteiger partial charge in [0, 0.05) is 15.7 Å². The molecule has 4 rings (SSSR count). The Bertz CT molecular complexity index is 840. The van der Waals surface area contributed by atoms with E-state index >= 15 is 0 Å². The summed E-state index contributed by atoms with van der Waals surface area (Å²) in [5.41, 5.74) is 2.77. The van der Waals surface area contributed by atoms with Crippen molar-refractivity contribution in [1.29, 1.82) is 0 Å². The van der Waals surface area contributed by atoms with Crippen LogP contribution in [-0.4, -0.2) is 17.9 Å². The first-order valence-corrected chi connectivity index (χ1v) is 11.7. The highest BCUT2D eigenvalue weighted by Gasteiger charge is 2.29. The highest BCUT2D eigenvalue weighted by atomic mass is 32.1. The normalized spacial score (nSPS) is 22.0. The molecule has 1 heterocycles. The molecule has 1 aromatic heterocycles. The summed E-state index contributed by atoms with van der Waals surface area (Å²) in [5.74, 6) is 0.334. The summed E-state index contributed by atoms with van der Waals surface area (Å²) in [6, 6.07) is 12.2. The summed E-state index contributed by atoms with van der Waals surface area (Å²) in [4.78, 5) is 27.9. The fraction of sp³-hybridized carbons (Fsp3) is 0.500. The monoisotopic (exact) mass is 410 g/mol. The van der Waals surface area contributed by atoms with E-state index < -0.39 is 6.04 Å². The minimum absolute atomic E-state index is 0.00974. The fourth-order valence-corrected chi connectivity index (χ4v) is 5.86. The van der Waals surface area contributed by atoms with E-state index in [1.165, 1.54) is 33.7 Å². The predicted molar refractivity (Wildman–Crippen MR) is 117 cm³/mol. The lowest BCUT2D eigenvalue weighted by molar-refractivity contribution is -0.131. The van der Waals surface area contributed by atoms with E-state index in [0.717, 1.165) is 32.1 Å². The molecule has 0 saturated heterocycles. The average Bonchev–Trinajstić information content (AvgIpc) is 3.34. The lowest BCUT2D eigenvalue weighted by atomic mass is 9.77. The molecule has 4 nitrogen and oxygen atoms in total. The molecule has 2 N–H and O–H groups in total. The van der Waals surface area contributed by atoms with Crippen LogP contribution in [0.15, 0.2) is 36.4 Å². The summed E-state index contributed by atoms with van der Waals surface area (Å²) in [6.07, 6.45) is 7.55. The molecule has 1 aromatic carbocycles. The van der Waals surface area contributed by atoms with E-state index in [1.54, 1.807) is 6.92 Å². The third kappa shape index (κ3) is 4.89. The van der Waals surface area contributed by atoms with Crippen LogP contribution < -0.4 is 10.6 Å². The predicted octanol–water partition coefficient (Wildman–Crippen LogP) is 4.33. The molecule has 3 atom stereocenters. The molecule has 1 fully saturated rings. The van der Waals surface area contributed by atoms with Gasteiger partial charge in [-0.2, -0.15) is 0 Å². The van der Waals surface area contributed by atoms with Gasteiger partial charge < -0.3 is 10.6 Å². The van der Waals surface area contributed by atoms with Gasteiger partial charge in [0.2, 0.25) is 11.8 Å². The van der Waals surface area contributed by atoms with Crippen LogP contribution in [0.2, 0.25) is 0 Å². The van der Waals surface area contributed by atoms with Gasteiger partial charge in [-0.05, 0) is 68.6 Å². The van der Waals surface area contributed by atoms with Crippen LogP contribution in [0, 0.1) is 5.92 Å². The molecular formula is C24H30N2O2S. The SMILES string of the molecule is C[C@H](NC(=O)[C@@H]1CCC[C@H](c2ccccc2)C1)C(=O)NCc1cc2c(s1)CCC2. The molecule has 29 heavy (non-hydrogen) atoms. The Morgan fingerprint density at radius 2 is 1.97 bits per heavy atom. The Kier molecular flexibility index (Phi) is 6.34. The van der Waals surface area contributed by atoms with E-state index in [0.29, 0.717) is 12.5 Å². The van der Waals surface area contributed by atoms with Crippen LogP contribution in [0.25, 0.3) is 0 Å². The molecule has 0 bridgehead atoms. The van der Waals surface area contributed by atoms with Gasteiger partial charge in [-0.15, -0.1) is 11.3 Å². The molecule has 154 valence electrons. The number of benzene rings is 1. The summed E-state index contributed by atoms with van der Waals surface area (Å²) < 4.78 is 0. The molecule has 5 heteroatoms. The molecule has 0 aliphatic heterocycles. The first-order valence-electron chi connectivity index (χ1n) is 10.8. The zero-order valence-electron chi connectivity index (χ0n) is 17.1. The number of carbonyl (C=O) groups is 2. The van der Waals surface area contributed by atoms with Crippen molar-refractivity contribution in [3.8, 4) is 0 Å². The molecule has 2 amide bonds. The van der Waals surface area contributed by atoms with Crippen molar-refractivity contribution in [2.75, 3.05) is 0 Å². The van der Waals surface area contributed by atoms with Gasteiger partial charge in [-0.25, -0.2) is 0 Å². The summed E-state index contributed by atoms with van der Waals surface area (Å²) >= 11 is 1.81. The Labute approximate surface area is 177 Å². The minimum Gasteiger partial charge on any atom is -0.349 e. The van der Waals surface area contributed by atoms with Crippen molar-refractivity contribution in [2.24, 2.45) is 5.92 Å². The molecule has 0 radical (unpaired) electrons. The standard InChI is InChI=1S/C24H30N2O2S/c1-16(23(27)25-15-21-14-19-10-6-12-22(19)29-21)26-24(28)20-11-5-9-18(13-20)17-7-3-2-4-8-17/h2-4,7-8,14,16,18,20H,5-6,9-13,15H2,1H3,(H,25,27)(H,26,28)/t16-,18-,20+/m0/s1. The summed E-state index contributed by atoms with van der Waals surface area (Å²) in [7, 11) is 0. The fourth-order valence-electron chi connectivity index (χ4n) is 4.66. The maximum Gasteiger partial charge on any atom is 0.242 e. The zero-order valence-corrected chi connectivity index (χ0v) is 17.9. The third-order valence-electron chi connectivity index (χ3n) is 6.30. The van der Waals surface area contributed by atoms with Crippen LogP contribution >= 0.6 is 11.3 Å². The Balaban J connectivity index is 1.26. The van der Waals surface area contributed by atoms with Crippen molar-refractivity contribution in [3.05, 3.63) is 57.3 Å². The van der Waals surface area contributed by atoms with Gasteiger partial charge >= 0.3 is 0 Å². The first kappa shape index (κ1) is 20.1. The van der Waals surface area contributed by atoms with Gasteiger partial charge in [0.1, 0.15) is 6.04 Å². The average molecular weight is 411 g/mol. The second-order valence-electron chi connectivity index (χ2n) is 8.43. The number of nitrogens with one attached hydrogen (secondary N) is 2. The number of aryl methyl sites for hydroxylation is 2. The van der Waals surface area contributed by atoms with Gasteiger partial charge in [-0.1, -0.05) is 36.8 Å². The van der Waals surface area contributed by atoms with Crippen LogP contribution in [0.3, 0.4) is 0 Å². The lowest BCUT2D eigenvalue weighted by Crippen LogP contribution is -2.47. The Morgan fingerprint density at radius 3 is 2.76 bits per heavy atom. The topological polar surface area (TPSA) is 58.2 Å². The highest BCUT2D eigenvalue weighted by Crippen LogP contribution is 2.36. The lowest BCUT2D eigenvalue weighted by Gasteiger charge is -2.29. The molecule has 1 saturated carbocycles. The molecule has 0 unspecified atom stereocenters. The van der Waals surface area contributed by atoms with Crippen LogP contribution in [0.1, 0.15) is 65.8 Å². The first-order chi connectivity index (χ1) is 14.1. The minimum atomic E-state index is -0.508. The number of fused-ring (bicyclic) bond motifs is 1. The molecule has 2 aliphatic rings. The number of hydrogen-bond donors (Lipinski definition) is 2. The molecule has 2 aliphatic carbocycles. The van der Waals surface area contributed by atoms with Crippen LogP contribution in [0.5, 0.6) is 0 Å². The Morgan fingerprint density at radius 1 is 1.14 bits per heavy atom. The van der Waals surface area contributed by atoms with E-state index in [-0.39, 0.29) is 17.7 Å². The third-order valence-corrected chi connectivity index (χ3v) is 7.54. The quantitative estimate of drug-likeness (QED) is 0.745. The van der Waals surface area contributed by atoms with Crippen molar-refractivity contribution in [1.82, 2.24) is 10.6 Å². The van der Waals surface area contributed by atoms with E-state index in [9.17, 15) is 9.59 Å². The second-order valence-corrected chi connectivity index (χ2v) is 9.66. The highest BCUT2D eigenvalue weighted by molar-refractivity contribution is 7.12.